The van der Waals surface area contributed by atoms with Gasteiger partial charge in [0.2, 0.25) is 0 Å². The molecule has 1 aromatic rings. The van der Waals surface area contributed by atoms with Gasteiger partial charge in [-0.25, -0.2) is 0 Å². The molecule has 1 atom stereocenters. The van der Waals surface area contributed by atoms with Gasteiger partial charge in [-0.15, -0.1) is 6.58 Å². The highest BCUT2D eigenvalue weighted by Crippen LogP contribution is 2.21. The monoisotopic (exact) mass is 277 g/mol. The van der Waals surface area contributed by atoms with Gasteiger partial charge in [0, 0.05) is 13.1 Å². The molecule has 1 N–H and O–H groups in total. The van der Waals surface area contributed by atoms with Gasteiger partial charge in [0.15, 0.2) is 0 Å². The van der Waals surface area contributed by atoms with Gasteiger partial charge in [-0.2, -0.15) is 0 Å². The molecule has 4 nitrogen and oxygen atoms in total. The zero-order valence-electron chi connectivity index (χ0n) is 12.2. The lowest BCUT2D eigenvalue weighted by Gasteiger charge is -2.30. The van der Waals surface area contributed by atoms with Gasteiger partial charge in [-0.3, -0.25) is 9.69 Å². The summed E-state index contributed by atoms with van der Waals surface area (Å²) in [5.41, 5.74) is -0.213. The van der Waals surface area contributed by atoms with Crippen molar-refractivity contribution < 1.29 is 14.6 Å². The first-order valence-electron chi connectivity index (χ1n) is 6.76. The van der Waals surface area contributed by atoms with Gasteiger partial charge in [-0.05, 0) is 19.4 Å². The van der Waals surface area contributed by atoms with Crippen molar-refractivity contribution in [2.75, 3.05) is 26.2 Å². The first-order valence-corrected chi connectivity index (χ1v) is 6.76. The van der Waals surface area contributed by atoms with Crippen molar-refractivity contribution in [1.29, 1.82) is 0 Å². The zero-order chi connectivity index (χ0) is 15.0. The Morgan fingerprint density at radius 2 is 2.10 bits per heavy atom. The highest BCUT2D eigenvalue weighted by molar-refractivity contribution is 5.71. The number of esters is 1. The number of rotatable bonds is 8. The van der Waals surface area contributed by atoms with Crippen LogP contribution in [0.15, 0.2) is 43.0 Å². The first kappa shape index (κ1) is 16.4. The molecule has 0 aliphatic carbocycles. The molecule has 110 valence electrons. The van der Waals surface area contributed by atoms with E-state index in [0.717, 1.165) is 5.56 Å². The number of carbonyl (C=O) groups is 1. The molecule has 0 aromatic heterocycles. The third-order valence-electron chi connectivity index (χ3n) is 2.97. The molecule has 0 saturated carbocycles. The maximum Gasteiger partial charge on any atom is 0.320 e. The second kappa shape index (κ2) is 7.82. The minimum Gasteiger partial charge on any atom is -0.465 e. The fraction of sp³-hybridized carbons (Fsp3) is 0.438. The van der Waals surface area contributed by atoms with Crippen LogP contribution in [0, 0.1) is 0 Å². The fourth-order valence-electron chi connectivity index (χ4n) is 2.08. The Hall–Kier alpha value is -1.65. The van der Waals surface area contributed by atoms with Crippen LogP contribution >= 0.6 is 0 Å². The molecule has 0 aliphatic rings. The van der Waals surface area contributed by atoms with E-state index in [1.165, 1.54) is 0 Å². The standard InChI is InChI=1S/C16H23NO3/c1-4-11-17(12-15(18)20-5-2)13-16(3,19)14-9-7-6-8-10-14/h4,6-10,19H,1,5,11-13H2,2-3H3. The molecule has 1 unspecified atom stereocenters. The van der Waals surface area contributed by atoms with Gasteiger partial charge in [0.25, 0.3) is 0 Å². The maximum atomic E-state index is 11.6. The van der Waals surface area contributed by atoms with E-state index in [-0.39, 0.29) is 12.5 Å². The molecule has 0 radical (unpaired) electrons. The second-order valence-corrected chi connectivity index (χ2v) is 4.90. The highest BCUT2D eigenvalue weighted by Gasteiger charge is 2.26. The average molecular weight is 277 g/mol. The molecule has 0 saturated heterocycles. The zero-order valence-corrected chi connectivity index (χ0v) is 12.2. The summed E-state index contributed by atoms with van der Waals surface area (Å²) >= 11 is 0. The Kier molecular flexibility index (Phi) is 6.42. The molecule has 20 heavy (non-hydrogen) atoms. The van der Waals surface area contributed by atoms with Gasteiger partial charge in [0.05, 0.1) is 18.8 Å². The molecule has 1 rings (SSSR count). The van der Waals surface area contributed by atoms with Crippen LogP contribution in [-0.4, -0.2) is 42.2 Å². The largest absolute Gasteiger partial charge is 0.465 e. The summed E-state index contributed by atoms with van der Waals surface area (Å²) in [5, 5.41) is 10.6. The SMILES string of the molecule is C=CCN(CC(=O)OCC)CC(C)(O)c1ccccc1. The number of hydrogen-bond acceptors (Lipinski definition) is 4. The van der Waals surface area contributed by atoms with Crippen LogP contribution in [0.3, 0.4) is 0 Å². The Morgan fingerprint density at radius 1 is 1.45 bits per heavy atom. The van der Waals surface area contributed by atoms with E-state index >= 15 is 0 Å². The van der Waals surface area contributed by atoms with Crippen LogP contribution in [0.4, 0.5) is 0 Å². The Bertz CT molecular complexity index is 429. The van der Waals surface area contributed by atoms with E-state index in [4.69, 9.17) is 4.74 Å². The smallest absolute Gasteiger partial charge is 0.320 e. The second-order valence-electron chi connectivity index (χ2n) is 4.90. The molecule has 0 bridgehead atoms. The van der Waals surface area contributed by atoms with Crippen LogP contribution in [0.5, 0.6) is 0 Å². The molecule has 0 fully saturated rings. The molecule has 0 heterocycles. The van der Waals surface area contributed by atoms with Gasteiger partial charge < -0.3 is 9.84 Å². The van der Waals surface area contributed by atoms with Gasteiger partial charge in [-0.1, -0.05) is 36.4 Å². The number of aliphatic hydroxyl groups is 1. The lowest BCUT2D eigenvalue weighted by atomic mass is 9.95. The topological polar surface area (TPSA) is 49.8 Å². The van der Waals surface area contributed by atoms with Crippen molar-refractivity contribution in [3.05, 3.63) is 48.6 Å². The number of nitrogens with zero attached hydrogens (tertiary/aromatic N) is 1. The van der Waals surface area contributed by atoms with Crippen molar-refractivity contribution in [3.63, 3.8) is 0 Å². The minimum atomic E-state index is -1.03. The van der Waals surface area contributed by atoms with Crippen LogP contribution < -0.4 is 0 Å². The van der Waals surface area contributed by atoms with E-state index in [9.17, 15) is 9.90 Å². The highest BCUT2D eigenvalue weighted by atomic mass is 16.5. The summed E-state index contributed by atoms with van der Waals surface area (Å²) in [7, 11) is 0. The van der Waals surface area contributed by atoms with Crippen molar-refractivity contribution in [2.24, 2.45) is 0 Å². The van der Waals surface area contributed by atoms with Gasteiger partial charge in [0.1, 0.15) is 0 Å². The van der Waals surface area contributed by atoms with E-state index in [0.29, 0.717) is 19.7 Å². The summed E-state index contributed by atoms with van der Waals surface area (Å²) < 4.78 is 4.94. The number of benzene rings is 1. The lowest BCUT2D eigenvalue weighted by molar-refractivity contribution is -0.145. The van der Waals surface area contributed by atoms with E-state index < -0.39 is 5.60 Å². The number of hydrogen-bond donors (Lipinski definition) is 1. The van der Waals surface area contributed by atoms with Crippen LogP contribution in [0.25, 0.3) is 0 Å². The molecule has 0 amide bonds. The molecule has 0 aliphatic heterocycles. The Labute approximate surface area is 120 Å². The van der Waals surface area contributed by atoms with Crippen molar-refractivity contribution in [2.45, 2.75) is 19.4 Å². The summed E-state index contributed by atoms with van der Waals surface area (Å²) in [4.78, 5) is 13.4. The van der Waals surface area contributed by atoms with Crippen molar-refractivity contribution >= 4 is 5.97 Å². The summed E-state index contributed by atoms with van der Waals surface area (Å²) in [6, 6.07) is 9.41. The number of carbonyl (C=O) groups excluding carboxylic acids is 1. The molecule has 0 spiro atoms. The molecule has 1 aromatic carbocycles. The molecular weight excluding hydrogens is 254 g/mol. The third kappa shape index (κ3) is 5.15. The van der Waals surface area contributed by atoms with E-state index in [1.807, 2.05) is 35.2 Å². The lowest BCUT2D eigenvalue weighted by Crippen LogP contribution is -2.41. The summed E-state index contributed by atoms with van der Waals surface area (Å²) in [6.07, 6.45) is 1.71. The Morgan fingerprint density at radius 3 is 2.65 bits per heavy atom. The van der Waals surface area contributed by atoms with E-state index in [1.54, 1.807) is 19.9 Å². The predicted octanol–water partition coefficient (Wildman–Crippen LogP) is 1.95. The first-order chi connectivity index (χ1) is 9.49. The molecular formula is C16H23NO3. The quantitative estimate of drug-likeness (QED) is 0.583. The predicted molar refractivity (Wildman–Crippen MR) is 79.3 cm³/mol. The molecule has 4 heteroatoms. The van der Waals surface area contributed by atoms with E-state index in [2.05, 4.69) is 6.58 Å². The maximum absolute atomic E-state index is 11.6. The summed E-state index contributed by atoms with van der Waals surface area (Å²) in [6.45, 7) is 8.54. The summed E-state index contributed by atoms with van der Waals surface area (Å²) in [5.74, 6) is -0.293. The fourth-order valence-corrected chi connectivity index (χ4v) is 2.08. The third-order valence-corrected chi connectivity index (χ3v) is 2.97. The Balaban J connectivity index is 2.73. The van der Waals surface area contributed by atoms with Crippen molar-refractivity contribution in [1.82, 2.24) is 4.90 Å². The van der Waals surface area contributed by atoms with Gasteiger partial charge >= 0.3 is 5.97 Å². The van der Waals surface area contributed by atoms with Crippen LogP contribution in [0.1, 0.15) is 19.4 Å². The minimum absolute atomic E-state index is 0.142. The van der Waals surface area contributed by atoms with Crippen LogP contribution in [0.2, 0.25) is 0 Å². The normalized spacial score (nSPS) is 13.8. The number of ether oxygens (including phenoxy) is 1. The van der Waals surface area contributed by atoms with Crippen molar-refractivity contribution in [3.8, 4) is 0 Å². The average Bonchev–Trinajstić information content (AvgIpc) is 2.39. The van der Waals surface area contributed by atoms with Crippen LogP contribution in [-0.2, 0) is 15.1 Å².